The second-order valence-electron chi connectivity index (χ2n) is 7.18. The quantitative estimate of drug-likeness (QED) is 0.888. The van der Waals surface area contributed by atoms with Crippen LogP contribution in [0.2, 0.25) is 0 Å². The molecule has 110 valence electrons. The molecule has 1 aromatic carbocycles. The first-order valence-electron chi connectivity index (χ1n) is 7.99. The first-order valence-corrected chi connectivity index (χ1v) is 7.99. The van der Waals surface area contributed by atoms with Crippen molar-refractivity contribution in [3.63, 3.8) is 0 Å². The number of hydrogen-bond acceptors (Lipinski definition) is 2. The molecule has 0 bridgehead atoms. The maximum absolute atomic E-state index is 6.94. The summed E-state index contributed by atoms with van der Waals surface area (Å²) in [6.07, 6.45) is 6.13. The van der Waals surface area contributed by atoms with Gasteiger partial charge in [-0.1, -0.05) is 19.9 Å². The van der Waals surface area contributed by atoms with E-state index < -0.39 is 0 Å². The Kier molecular flexibility index (Phi) is 3.53. The number of ether oxygens (including phenoxy) is 1. The maximum atomic E-state index is 6.94. The number of aryl methyl sites for hydroxylation is 1. The van der Waals surface area contributed by atoms with Gasteiger partial charge in [-0.25, -0.2) is 0 Å². The minimum Gasteiger partial charge on any atom is -0.497 e. The molecule has 0 radical (unpaired) electrons. The largest absolute Gasteiger partial charge is 0.497 e. The topological polar surface area (TPSA) is 35.2 Å². The molecule has 2 nitrogen and oxygen atoms in total. The fraction of sp³-hybridized carbons (Fsp3) is 0.667. The highest BCUT2D eigenvalue weighted by atomic mass is 16.5. The Bertz CT molecular complexity index is 488. The lowest BCUT2D eigenvalue weighted by Crippen LogP contribution is -2.45. The van der Waals surface area contributed by atoms with Gasteiger partial charge in [-0.15, -0.1) is 0 Å². The summed E-state index contributed by atoms with van der Waals surface area (Å²) >= 11 is 0. The van der Waals surface area contributed by atoms with E-state index in [1.54, 1.807) is 7.11 Å². The van der Waals surface area contributed by atoms with Crippen LogP contribution < -0.4 is 10.5 Å². The molecule has 0 saturated heterocycles. The lowest BCUT2D eigenvalue weighted by atomic mass is 9.66. The lowest BCUT2D eigenvalue weighted by Gasteiger charge is -2.42. The van der Waals surface area contributed by atoms with E-state index >= 15 is 0 Å². The smallest absolute Gasteiger partial charge is 0.119 e. The Labute approximate surface area is 122 Å². The van der Waals surface area contributed by atoms with Crippen LogP contribution in [0.5, 0.6) is 5.75 Å². The molecule has 2 aliphatic rings. The molecule has 1 saturated carbocycles. The Morgan fingerprint density at radius 2 is 1.85 bits per heavy atom. The molecular weight excluding hydrogens is 246 g/mol. The number of hydrogen-bond donors (Lipinski definition) is 1. The fourth-order valence-electron chi connectivity index (χ4n) is 4.60. The van der Waals surface area contributed by atoms with E-state index in [4.69, 9.17) is 10.5 Å². The van der Waals surface area contributed by atoms with Crippen LogP contribution in [-0.2, 0) is 12.0 Å². The van der Waals surface area contributed by atoms with Gasteiger partial charge in [-0.3, -0.25) is 0 Å². The van der Waals surface area contributed by atoms with Crippen molar-refractivity contribution in [2.45, 2.75) is 51.5 Å². The minimum absolute atomic E-state index is 0.132. The molecule has 20 heavy (non-hydrogen) atoms. The van der Waals surface area contributed by atoms with E-state index in [1.807, 2.05) is 0 Å². The average molecular weight is 273 g/mol. The van der Waals surface area contributed by atoms with E-state index in [0.29, 0.717) is 5.92 Å². The Morgan fingerprint density at radius 1 is 1.15 bits per heavy atom. The van der Waals surface area contributed by atoms with Crippen LogP contribution in [0.15, 0.2) is 18.2 Å². The maximum Gasteiger partial charge on any atom is 0.119 e. The van der Waals surface area contributed by atoms with Crippen molar-refractivity contribution < 1.29 is 4.74 Å². The number of fused-ring (bicyclic) bond motifs is 1. The normalized spacial score (nSPS) is 36.7. The van der Waals surface area contributed by atoms with Gasteiger partial charge in [-0.05, 0) is 73.1 Å². The number of nitrogens with two attached hydrogens (primary N) is 1. The zero-order chi connectivity index (χ0) is 14.3. The molecule has 0 heterocycles. The van der Waals surface area contributed by atoms with E-state index in [2.05, 4.69) is 32.0 Å². The average Bonchev–Trinajstić information content (AvgIpc) is 2.76. The molecule has 2 N–H and O–H groups in total. The molecule has 3 atom stereocenters. The SMILES string of the molecule is COc1ccc2c(c1)C(N)(C1CC(C)CC(C)C1)CC2. The van der Waals surface area contributed by atoms with Crippen molar-refractivity contribution in [3.8, 4) is 5.75 Å². The van der Waals surface area contributed by atoms with Crippen molar-refractivity contribution in [2.75, 3.05) is 7.11 Å². The summed E-state index contributed by atoms with van der Waals surface area (Å²) in [6, 6.07) is 6.46. The molecule has 1 aromatic rings. The number of methoxy groups -OCH3 is 1. The molecule has 1 fully saturated rings. The summed E-state index contributed by atoms with van der Waals surface area (Å²) < 4.78 is 5.41. The van der Waals surface area contributed by atoms with Crippen molar-refractivity contribution in [1.82, 2.24) is 0 Å². The van der Waals surface area contributed by atoms with E-state index in [9.17, 15) is 0 Å². The van der Waals surface area contributed by atoms with Crippen LogP contribution in [0.3, 0.4) is 0 Å². The van der Waals surface area contributed by atoms with E-state index in [-0.39, 0.29) is 5.54 Å². The van der Waals surface area contributed by atoms with Crippen molar-refractivity contribution in [3.05, 3.63) is 29.3 Å². The van der Waals surface area contributed by atoms with Crippen LogP contribution in [0.4, 0.5) is 0 Å². The van der Waals surface area contributed by atoms with Crippen LogP contribution in [0.25, 0.3) is 0 Å². The van der Waals surface area contributed by atoms with Crippen LogP contribution in [-0.4, -0.2) is 7.11 Å². The first kappa shape index (κ1) is 13.9. The third-order valence-corrected chi connectivity index (χ3v) is 5.53. The third-order valence-electron chi connectivity index (χ3n) is 5.53. The van der Waals surface area contributed by atoms with Crippen LogP contribution in [0.1, 0.15) is 50.7 Å². The Hall–Kier alpha value is -1.02. The minimum atomic E-state index is -0.132. The first-order chi connectivity index (χ1) is 9.53. The predicted molar refractivity (Wildman–Crippen MR) is 82.8 cm³/mol. The standard InChI is InChI=1S/C18H27NO/c1-12-8-13(2)10-15(9-12)18(19)7-6-14-4-5-16(20-3)11-17(14)18/h4-5,11-13,15H,6-10,19H2,1-3H3. The molecule has 0 amide bonds. The molecule has 3 rings (SSSR count). The molecule has 0 aromatic heterocycles. The summed E-state index contributed by atoms with van der Waals surface area (Å²) in [6.45, 7) is 4.76. The second kappa shape index (κ2) is 5.07. The van der Waals surface area contributed by atoms with Gasteiger partial charge in [0.05, 0.1) is 7.11 Å². The van der Waals surface area contributed by atoms with Gasteiger partial charge in [-0.2, -0.15) is 0 Å². The van der Waals surface area contributed by atoms with Gasteiger partial charge in [0.1, 0.15) is 5.75 Å². The highest BCUT2D eigenvalue weighted by Crippen LogP contribution is 2.48. The zero-order valence-corrected chi connectivity index (χ0v) is 13.0. The summed E-state index contributed by atoms with van der Waals surface area (Å²) in [5.74, 6) is 3.17. The molecule has 2 aliphatic carbocycles. The second-order valence-corrected chi connectivity index (χ2v) is 7.18. The van der Waals surface area contributed by atoms with E-state index in [0.717, 1.165) is 30.4 Å². The van der Waals surface area contributed by atoms with Crippen LogP contribution in [0, 0.1) is 17.8 Å². The number of rotatable bonds is 2. The van der Waals surface area contributed by atoms with Gasteiger partial charge in [0.25, 0.3) is 0 Å². The summed E-state index contributed by atoms with van der Waals surface area (Å²) in [4.78, 5) is 0. The molecular formula is C18H27NO. The molecule has 3 unspecified atom stereocenters. The summed E-state index contributed by atoms with van der Waals surface area (Å²) in [5, 5.41) is 0. The highest BCUT2D eigenvalue weighted by molar-refractivity contribution is 5.44. The fourth-order valence-corrected chi connectivity index (χ4v) is 4.60. The predicted octanol–water partition coefficient (Wildman–Crippen LogP) is 3.87. The highest BCUT2D eigenvalue weighted by Gasteiger charge is 2.44. The van der Waals surface area contributed by atoms with Gasteiger partial charge < -0.3 is 10.5 Å². The molecule has 2 heteroatoms. The van der Waals surface area contributed by atoms with Crippen molar-refractivity contribution in [1.29, 1.82) is 0 Å². The van der Waals surface area contributed by atoms with Crippen molar-refractivity contribution >= 4 is 0 Å². The Balaban J connectivity index is 1.94. The van der Waals surface area contributed by atoms with E-state index in [1.165, 1.54) is 30.4 Å². The van der Waals surface area contributed by atoms with Gasteiger partial charge >= 0.3 is 0 Å². The Morgan fingerprint density at radius 3 is 2.50 bits per heavy atom. The van der Waals surface area contributed by atoms with Gasteiger partial charge in [0, 0.05) is 5.54 Å². The lowest BCUT2D eigenvalue weighted by molar-refractivity contribution is 0.134. The summed E-state index contributed by atoms with van der Waals surface area (Å²) in [5.41, 5.74) is 9.59. The molecule has 0 aliphatic heterocycles. The molecule has 0 spiro atoms. The van der Waals surface area contributed by atoms with Gasteiger partial charge in [0.2, 0.25) is 0 Å². The number of benzene rings is 1. The summed E-state index contributed by atoms with van der Waals surface area (Å²) in [7, 11) is 1.74. The van der Waals surface area contributed by atoms with Crippen LogP contribution >= 0.6 is 0 Å². The van der Waals surface area contributed by atoms with Crippen molar-refractivity contribution in [2.24, 2.45) is 23.5 Å². The zero-order valence-electron chi connectivity index (χ0n) is 13.0. The van der Waals surface area contributed by atoms with Gasteiger partial charge in [0.15, 0.2) is 0 Å². The monoisotopic (exact) mass is 273 g/mol. The third kappa shape index (κ3) is 2.24.